The van der Waals surface area contributed by atoms with Crippen LogP contribution in [0.5, 0.6) is 0 Å². The lowest BCUT2D eigenvalue weighted by Crippen LogP contribution is -2.30. The van der Waals surface area contributed by atoms with Crippen molar-refractivity contribution in [3.63, 3.8) is 0 Å². The minimum Gasteiger partial charge on any atom is -0.379 e. The Hall–Kier alpha value is 0.230. The van der Waals surface area contributed by atoms with E-state index >= 15 is 0 Å². The number of ether oxygens (including phenoxy) is 1. The monoisotopic (exact) mass is 169 g/mol. The molecule has 6 heteroatoms. The van der Waals surface area contributed by atoms with Gasteiger partial charge < -0.3 is 24.7 Å². The van der Waals surface area contributed by atoms with Crippen LogP contribution in [0.3, 0.4) is 0 Å². The number of nitrogens with one attached hydrogen (secondary N) is 1. The van der Waals surface area contributed by atoms with E-state index < -0.39 is 8.60 Å². The molecule has 10 heavy (non-hydrogen) atoms. The molecule has 1 heterocycles. The Balaban J connectivity index is 0.000000180. The van der Waals surface area contributed by atoms with Crippen molar-refractivity contribution in [2.75, 3.05) is 26.3 Å². The lowest BCUT2D eigenvalue weighted by molar-refractivity contribution is 0.109. The van der Waals surface area contributed by atoms with Crippen LogP contribution in [0.2, 0.25) is 0 Å². The Labute approximate surface area is 60.6 Å². The van der Waals surface area contributed by atoms with Gasteiger partial charge in [-0.05, 0) is 0 Å². The van der Waals surface area contributed by atoms with E-state index in [1.165, 1.54) is 0 Å². The van der Waals surface area contributed by atoms with E-state index in [0.29, 0.717) is 0 Å². The highest BCUT2D eigenvalue weighted by Gasteiger charge is 1.92. The van der Waals surface area contributed by atoms with Gasteiger partial charge in [0, 0.05) is 13.1 Å². The molecule has 4 N–H and O–H groups in total. The number of morpholine rings is 1. The Bertz CT molecular complexity index is 54.0. The molecule has 1 aliphatic rings. The molecule has 0 aliphatic carbocycles. The van der Waals surface area contributed by atoms with Gasteiger partial charge in [0.2, 0.25) is 0 Å². The largest absolute Gasteiger partial charge is 0.379 e. The lowest BCUT2D eigenvalue weighted by Gasteiger charge is -2.10. The highest BCUT2D eigenvalue weighted by atomic mass is 31.2. The molecule has 0 aromatic rings. The second-order valence-corrected chi connectivity index (χ2v) is 2.17. The van der Waals surface area contributed by atoms with Gasteiger partial charge in [-0.3, -0.25) is 0 Å². The number of hydrogen-bond donors (Lipinski definition) is 4. The molecule has 0 aromatic heterocycles. The maximum atomic E-state index is 7.23. The highest BCUT2D eigenvalue weighted by Crippen LogP contribution is 2.11. The summed E-state index contributed by atoms with van der Waals surface area (Å²) in [7, 11) is -2.62. The minimum atomic E-state index is -2.62. The van der Waals surface area contributed by atoms with Gasteiger partial charge in [-0.25, -0.2) is 0 Å². The first-order valence-corrected chi connectivity index (χ1v) is 4.08. The molecule has 0 aromatic carbocycles. The van der Waals surface area contributed by atoms with Crippen molar-refractivity contribution in [1.82, 2.24) is 5.32 Å². The summed E-state index contributed by atoms with van der Waals surface area (Å²) in [4.78, 5) is 21.7. The van der Waals surface area contributed by atoms with Crippen LogP contribution in [0.1, 0.15) is 0 Å². The summed E-state index contributed by atoms with van der Waals surface area (Å²) in [5.74, 6) is 0. The molecular formula is C4H12NO4P. The summed E-state index contributed by atoms with van der Waals surface area (Å²) in [6.45, 7) is 3.83. The van der Waals surface area contributed by atoms with Gasteiger partial charge in [0.25, 0.3) is 0 Å². The molecule has 0 saturated carbocycles. The van der Waals surface area contributed by atoms with Crippen LogP contribution >= 0.6 is 8.60 Å². The summed E-state index contributed by atoms with van der Waals surface area (Å²) in [5, 5.41) is 3.16. The average Bonchev–Trinajstić information content (AvgIpc) is 1.90. The Kier molecular flexibility index (Phi) is 7.51. The van der Waals surface area contributed by atoms with Gasteiger partial charge >= 0.3 is 8.60 Å². The molecule has 62 valence electrons. The smallest absolute Gasteiger partial charge is 0.324 e. The molecule has 1 fully saturated rings. The first kappa shape index (κ1) is 10.2. The van der Waals surface area contributed by atoms with E-state index in [0.717, 1.165) is 26.3 Å². The zero-order valence-electron chi connectivity index (χ0n) is 5.53. The molecule has 0 bridgehead atoms. The molecule has 1 saturated heterocycles. The fraction of sp³-hybridized carbons (Fsp3) is 1.00. The molecular weight excluding hydrogens is 157 g/mol. The van der Waals surface area contributed by atoms with Crippen molar-refractivity contribution in [3.05, 3.63) is 0 Å². The topological polar surface area (TPSA) is 82.0 Å². The van der Waals surface area contributed by atoms with E-state index in [-0.39, 0.29) is 0 Å². The van der Waals surface area contributed by atoms with E-state index in [1.54, 1.807) is 0 Å². The van der Waals surface area contributed by atoms with Gasteiger partial charge in [-0.2, -0.15) is 0 Å². The molecule has 0 atom stereocenters. The maximum absolute atomic E-state index is 7.23. The van der Waals surface area contributed by atoms with Crippen molar-refractivity contribution in [3.8, 4) is 0 Å². The first-order valence-electron chi connectivity index (χ1n) is 2.88. The second-order valence-electron chi connectivity index (χ2n) is 1.63. The van der Waals surface area contributed by atoms with Gasteiger partial charge in [0.1, 0.15) is 0 Å². The Morgan fingerprint density at radius 1 is 1.10 bits per heavy atom. The van der Waals surface area contributed by atoms with Crippen LogP contribution in [0.25, 0.3) is 0 Å². The molecule has 0 amide bonds. The van der Waals surface area contributed by atoms with Crippen LogP contribution < -0.4 is 5.32 Å². The van der Waals surface area contributed by atoms with Gasteiger partial charge in [-0.15, -0.1) is 0 Å². The van der Waals surface area contributed by atoms with Gasteiger partial charge in [0.05, 0.1) is 13.2 Å². The molecule has 1 aliphatic heterocycles. The van der Waals surface area contributed by atoms with E-state index in [9.17, 15) is 0 Å². The maximum Gasteiger partial charge on any atom is 0.324 e. The zero-order chi connectivity index (χ0) is 7.82. The summed E-state index contributed by atoms with van der Waals surface area (Å²) in [6, 6.07) is 0. The van der Waals surface area contributed by atoms with Crippen LogP contribution in [-0.2, 0) is 4.74 Å². The third-order valence-electron chi connectivity index (χ3n) is 0.846. The number of hydrogen-bond acceptors (Lipinski definition) is 5. The standard InChI is InChI=1S/C4H9NO.H3O3P/c1-3-6-4-2-5-1;1-4(2)3/h5H,1-4H2;1-3H. The van der Waals surface area contributed by atoms with Gasteiger partial charge in [0.15, 0.2) is 0 Å². The van der Waals surface area contributed by atoms with E-state index in [1.807, 2.05) is 0 Å². The minimum absolute atomic E-state index is 0.889. The average molecular weight is 169 g/mol. The fourth-order valence-corrected chi connectivity index (χ4v) is 0.516. The summed E-state index contributed by atoms with van der Waals surface area (Å²) in [5.41, 5.74) is 0. The first-order chi connectivity index (χ1) is 4.73. The van der Waals surface area contributed by atoms with Crippen molar-refractivity contribution < 1.29 is 19.4 Å². The van der Waals surface area contributed by atoms with Crippen molar-refractivity contribution in [2.24, 2.45) is 0 Å². The predicted octanol–water partition coefficient (Wildman–Crippen LogP) is -1.20. The lowest BCUT2D eigenvalue weighted by atomic mass is 10.5. The Morgan fingerprint density at radius 2 is 1.50 bits per heavy atom. The summed E-state index contributed by atoms with van der Waals surface area (Å²) >= 11 is 0. The third-order valence-corrected chi connectivity index (χ3v) is 0.846. The molecule has 0 radical (unpaired) electrons. The summed E-state index contributed by atoms with van der Waals surface area (Å²) in [6.07, 6.45) is 0. The van der Waals surface area contributed by atoms with E-state index in [4.69, 9.17) is 19.4 Å². The molecule has 0 spiro atoms. The number of rotatable bonds is 0. The van der Waals surface area contributed by atoms with Crippen LogP contribution in [0, 0.1) is 0 Å². The van der Waals surface area contributed by atoms with E-state index in [2.05, 4.69) is 5.32 Å². The van der Waals surface area contributed by atoms with Gasteiger partial charge in [-0.1, -0.05) is 0 Å². The second kappa shape index (κ2) is 7.34. The van der Waals surface area contributed by atoms with Crippen molar-refractivity contribution >= 4 is 8.60 Å². The normalized spacial score (nSPS) is 18.0. The van der Waals surface area contributed by atoms with Crippen molar-refractivity contribution in [2.45, 2.75) is 0 Å². The molecule has 5 nitrogen and oxygen atoms in total. The quantitative estimate of drug-likeness (QED) is 0.342. The Morgan fingerprint density at radius 3 is 1.60 bits per heavy atom. The zero-order valence-corrected chi connectivity index (χ0v) is 6.42. The summed E-state index contributed by atoms with van der Waals surface area (Å²) < 4.78 is 5.01. The van der Waals surface area contributed by atoms with Crippen LogP contribution in [0.15, 0.2) is 0 Å². The third kappa shape index (κ3) is 11.1. The SMILES string of the molecule is C1COCCN1.OP(O)O. The fourth-order valence-electron chi connectivity index (χ4n) is 0.516. The predicted molar refractivity (Wildman–Crippen MR) is 37.3 cm³/mol. The highest BCUT2D eigenvalue weighted by molar-refractivity contribution is 7.38. The molecule has 1 rings (SSSR count). The van der Waals surface area contributed by atoms with Crippen LogP contribution in [0.4, 0.5) is 0 Å². The van der Waals surface area contributed by atoms with Crippen LogP contribution in [-0.4, -0.2) is 41.0 Å². The van der Waals surface area contributed by atoms with Crippen molar-refractivity contribution in [1.29, 1.82) is 0 Å². The molecule has 0 unspecified atom stereocenters.